The molecule has 1 unspecified atom stereocenters. The van der Waals surface area contributed by atoms with Crippen molar-refractivity contribution < 1.29 is 37.9 Å². The molecule has 0 aromatic carbocycles. The molecule has 0 aliphatic heterocycles. The van der Waals surface area contributed by atoms with E-state index in [0.717, 1.165) is 64.2 Å². The molecule has 50 heavy (non-hydrogen) atoms. The third kappa shape index (κ3) is 39.1. The molecule has 292 valence electrons. The van der Waals surface area contributed by atoms with Crippen molar-refractivity contribution in [1.82, 2.24) is 0 Å². The summed E-state index contributed by atoms with van der Waals surface area (Å²) >= 11 is 0. The van der Waals surface area contributed by atoms with Crippen molar-refractivity contribution in [3.63, 3.8) is 0 Å². The lowest BCUT2D eigenvalue weighted by Gasteiger charge is -2.18. The fraction of sp³-hybridized carbons (Fsp3) is 0.805. The Bertz CT molecular complexity index is 910. The van der Waals surface area contributed by atoms with Crippen LogP contribution in [0.15, 0.2) is 36.5 Å². The molecule has 0 spiro atoms. The average Bonchev–Trinajstić information content (AvgIpc) is 3.08. The minimum Gasteiger partial charge on any atom is -0.462 e. The van der Waals surface area contributed by atoms with E-state index in [1.165, 1.54) is 96.3 Å². The van der Waals surface area contributed by atoms with Crippen molar-refractivity contribution in [2.75, 3.05) is 13.2 Å². The van der Waals surface area contributed by atoms with Gasteiger partial charge in [0.05, 0.1) is 6.61 Å². The highest BCUT2D eigenvalue weighted by molar-refractivity contribution is 7.46. The van der Waals surface area contributed by atoms with Gasteiger partial charge in [0, 0.05) is 12.8 Å². The van der Waals surface area contributed by atoms with Crippen LogP contribution >= 0.6 is 7.82 Å². The maximum absolute atomic E-state index is 12.4. The maximum Gasteiger partial charge on any atom is 0.469 e. The van der Waals surface area contributed by atoms with Gasteiger partial charge in [-0.3, -0.25) is 14.1 Å². The van der Waals surface area contributed by atoms with E-state index in [0.29, 0.717) is 6.42 Å². The second-order valence-corrected chi connectivity index (χ2v) is 14.8. The molecule has 0 saturated heterocycles. The molecule has 0 fully saturated rings. The summed E-state index contributed by atoms with van der Waals surface area (Å²) in [4.78, 5) is 42.8. The molecular weight excluding hydrogens is 651 g/mol. The lowest BCUT2D eigenvalue weighted by molar-refractivity contribution is -0.161. The van der Waals surface area contributed by atoms with Crippen LogP contribution in [0.4, 0.5) is 0 Å². The van der Waals surface area contributed by atoms with Crippen LogP contribution in [-0.4, -0.2) is 41.0 Å². The van der Waals surface area contributed by atoms with E-state index in [-0.39, 0.29) is 19.4 Å². The van der Waals surface area contributed by atoms with Gasteiger partial charge in [0.25, 0.3) is 0 Å². The van der Waals surface area contributed by atoms with E-state index in [9.17, 15) is 14.2 Å². The standard InChI is InChI=1S/C41H75O8P/c1-3-5-7-9-11-13-15-17-18-19-20-21-22-24-25-27-29-31-33-35-40(42)47-37-39(38-48-50(44,45)46)49-41(43)36-34-32-30-28-26-23-16-14-12-10-8-6-4-2/h8,10,14,16-18,39H,3-7,9,11-13,15,19-38H2,1-2H3,(H2,44,45,46)/b10-8-,16-14-,18-17-. The largest absolute Gasteiger partial charge is 0.469 e. The molecule has 0 aliphatic carbocycles. The van der Waals surface area contributed by atoms with Gasteiger partial charge in [-0.25, -0.2) is 4.57 Å². The molecule has 8 nitrogen and oxygen atoms in total. The molecule has 1 atom stereocenters. The van der Waals surface area contributed by atoms with Crippen molar-refractivity contribution in [2.24, 2.45) is 0 Å². The zero-order chi connectivity index (χ0) is 36.8. The van der Waals surface area contributed by atoms with Crippen LogP contribution in [-0.2, 0) is 28.2 Å². The zero-order valence-corrected chi connectivity index (χ0v) is 32.9. The molecule has 0 amide bonds. The van der Waals surface area contributed by atoms with Crippen molar-refractivity contribution >= 4 is 19.8 Å². The van der Waals surface area contributed by atoms with Gasteiger partial charge in [-0.05, 0) is 64.2 Å². The van der Waals surface area contributed by atoms with Crippen molar-refractivity contribution in [3.05, 3.63) is 36.5 Å². The normalized spacial score (nSPS) is 12.8. The van der Waals surface area contributed by atoms with Gasteiger partial charge in [0.2, 0.25) is 0 Å². The molecule has 0 radical (unpaired) electrons. The zero-order valence-electron chi connectivity index (χ0n) is 32.0. The quantitative estimate of drug-likeness (QED) is 0.0281. The Morgan fingerprint density at radius 1 is 0.520 bits per heavy atom. The molecule has 0 bridgehead atoms. The number of carbonyl (C=O) groups is 2. The van der Waals surface area contributed by atoms with E-state index in [1.54, 1.807) is 0 Å². The highest BCUT2D eigenvalue weighted by Gasteiger charge is 2.22. The van der Waals surface area contributed by atoms with Crippen molar-refractivity contribution in [3.8, 4) is 0 Å². The number of unbranched alkanes of at least 4 members (excludes halogenated alkanes) is 21. The summed E-state index contributed by atoms with van der Waals surface area (Å²) in [5.41, 5.74) is 0. The number of hydrogen-bond donors (Lipinski definition) is 2. The van der Waals surface area contributed by atoms with Gasteiger partial charge in [-0.15, -0.1) is 0 Å². The summed E-state index contributed by atoms with van der Waals surface area (Å²) in [6.45, 7) is 3.60. The number of esters is 2. The summed E-state index contributed by atoms with van der Waals surface area (Å²) < 4.78 is 26.3. The van der Waals surface area contributed by atoms with Crippen LogP contribution in [0.1, 0.15) is 194 Å². The fourth-order valence-corrected chi connectivity index (χ4v) is 5.94. The first-order valence-electron chi connectivity index (χ1n) is 20.3. The van der Waals surface area contributed by atoms with Gasteiger partial charge in [-0.2, -0.15) is 0 Å². The van der Waals surface area contributed by atoms with Crippen LogP contribution in [0.3, 0.4) is 0 Å². The SMILES string of the molecule is CCC/C=C\C/C=C\CCCCCCCC(=O)OC(COC(=O)CCCCCCCCCCC/C=C\CCCCCCCC)COP(=O)(O)O. The van der Waals surface area contributed by atoms with Crippen LogP contribution in [0.2, 0.25) is 0 Å². The Morgan fingerprint density at radius 2 is 0.940 bits per heavy atom. The highest BCUT2D eigenvalue weighted by atomic mass is 31.2. The van der Waals surface area contributed by atoms with Gasteiger partial charge >= 0.3 is 19.8 Å². The molecule has 0 aliphatic rings. The van der Waals surface area contributed by atoms with Crippen molar-refractivity contribution in [2.45, 2.75) is 200 Å². The predicted molar refractivity (Wildman–Crippen MR) is 207 cm³/mol. The first-order valence-corrected chi connectivity index (χ1v) is 21.8. The summed E-state index contributed by atoms with van der Waals surface area (Å²) in [5.74, 6) is -0.902. The molecule has 0 heterocycles. The Hall–Kier alpha value is -1.73. The van der Waals surface area contributed by atoms with E-state index in [4.69, 9.17) is 19.3 Å². The average molecular weight is 727 g/mol. The summed E-state index contributed by atoms with van der Waals surface area (Å²) in [5, 5.41) is 0. The topological polar surface area (TPSA) is 119 Å². The van der Waals surface area contributed by atoms with E-state index in [1.807, 2.05) is 0 Å². The number of hydrogen-bond acceptors (Lipinski definition) is 6. The van der Waals surface area contributed by atoms with E-state index < -0.39 is 32.5 Å². The van der Waals surface area contributed by atoms with Gasteiger partial charge < -0.3 is 19.3 Å². The maximum atomic E-state index is 12.4. The smallest absolute Gasteiger partial charge is 0.462 e. The van der Waals surface area contributed by atoms with Crippen LogP contribution in [0.25, 0.3) is 0 Å². The third-order valence-corrected chi connectivity index (χ3v) is 9.10. The second kappa shape index (κ2) is 37.0. The summed E-state index contributed by atoms with van der Waals surface area (Å²) in [7, 11) is -4.75. The predicted octanol–water partition coefficient (Wildman–Crippen LogP) is 12.2. The van der Waals surface area contributed by atoms with Crippen LogP contribution in [0.5, 0.6) is 0 Å². The summed E-state index contributed by atoms with van der Waals surface area (Å²) in [6, 6.07) is 0. The Kier molecular flexibility index (Phi) is 35.8. The van der Waals surface area contributed by atoms with E-state index >= 15 is 0 Å². The van der Waals surface area contributed by atoms with Gasteiger partial charge in [0.1, 0.15) is 6.61 Å². The molecule has 0 rings (SSSR count). The van der Waals surface area contributed by atoms with Crippen LogP contribution in [0, 0.1) is 0 Å². The monoisotopic (exact) mass is 727 g/mol. The molecular formula is C41H75O8P. The second-order valence-electron chi connectivity index (χ2n) is 13.6. The lowest BCUT2D eigenvalue weighted by Crippen LogP contribution is -2.29. The van der Waals surface area contributed by atoms with Gasteiger partial charge in [0.15, 0.2) is 6.10 Å². The first-order chi connectivity index (χ1) is 24.3. The fourth-order valence-electron chi connectivity index (χ4n) is 5.58. The van der Waals surface area contributed by atoms with Crippen molar-refractivity contribution in [1.29, 1.82) is 0 Å². The Morgan fingerprint density at radius 3 is 1.42 bits per heavy atom. The molecule has 9 heteroatoms. The number of allylic oxidation sites excluding steroid dienone is 6. The Balaban J connectivity index is 3.91. The molecule has 2 N–H and O–H groups in total. The molecule has 0 aromatic rings. The molecule has 0 aromatic heterocycles. The minimum atomic E-state index is -4.75. The molecule has 0 saturated carbocycles. The number of carbonyl (C=O) groups excluding carboxylic acids is 2. The van der Waals surface area contributed by atoms with E-state index in [2.05, 4.69) is 54.8 Å². The number of rotatable bonds is 37. The van der Waals surface area contributed by atoms with Gasteiger partial charge in [-0.1, -0.05) is 153 Å². The Labute approximate surface area is 306 Å². The third-order valence-electron chi connectivity index (χ3n) is 8.61. The van der Waals surface area contributed by atoms with Crippen LogP contribution < -0.4 is 0 Å². The highest BCUT2D eigenvalue weighted by Crippen LogP contribution is 2.36. The minimum absolute atomic E-state index is 0.195. The number of ether oxygens (including phenoxy) is 2. The number of phosphoric acid groups is 1. The number of phosphoric ester groups is 1. The summed E-state index contributed by atoms with van der Waals surface area (Å²) in [6.07, 6.45) is 42.9. The lowest BCUT2D eigenvalue weighted by atomic mass is 10.1. The first kappa shape index (κ1) is 48.3.